The van der Waals surface area contributed by atoms with E-state index in [0.717, 1.165) is 31.9 Å². The van der Waals surface area contributed by atoms with Crippen LogP contribution in [0.3, 0.4) is 0 Å². The molecule has 0 spiro atoms. The third-order valence-corrected chi connectivity index (χ3v) is 4.37. The van der Waals surface area contributed by atoms with E-state index < -0.39 is 0 Å². The summed E-state index contributed by atoms with van der Waals surface area (Å²) in [6, 6.07) is 4.44. The number of hydrogen-bond donors (Lipinski definition) is 1. The lowest BCUT2D eigenvalue weighted by Gasteiger charge is -2.32. The van der Waals surface area contributed by atoms with Crippen molar-refractivity contribution in [3.63, 3.8) is 0 Å². The molecule has 0 radical (unpaired) electrons. The van der Waals surface area contributed by atoms with E-state index >= 15 is 0 Å². The van der Waals surface area contributed by atoms with Gasteiger partial charge in [0, 0.05) is 36.3 Å². The van der Waals surface area contributed by atoms with E-state index in [2.05, 4.69) is 48.0 Å². The van der Waals surface area contributed by atoms with Crippen LogP contribution in [0.15, 0.2) is 12.1 Å². The minimum absolute atomic E-state index is 0.707. The van der Waals surface area contributed by atoms with E-state index in [1.807, 2.05) is 7.05 Å². The van der Waals surface area contributed by atoms with Crippen LogP contribution in [-0.2, 0) is 13.0 Å². The molecule has 1 aromatic heterocycles. The van der Waals surface area contributed by atoms with Crippen LogP contribution in [0, 0.1) is 0 Å². The van der Waals surface area contributed by atoms with E-state index in [1.165, 1.54) is 17.0 Å². The number of aryl methyl sites for hydroxylation is 1. The van der Waals surface area contributed by atoms with Gasteiger partial charge < -0.3 is 10.2 Å². The average Bonchev–Trinajstić information content (AvgIpc) is 2.39. The van der Waals surface area contributed by atoms with Gasteiger partial charge in [-0.25, -0.2) is 4.98 Å². The average molecular weight is 265 g/mol. The Morgan fingerprint density at radius 1 is 1.50 bits per heavy atom. The summed E-state index contributed by atoms with van der Waals surface area (Å²) in [4.78, 5) is 7.21. The molecule has 1 aliphatic rings. The highest BCUT2D eigenvalue weighted by Crippen LogP contribution is 2.23. The molecule has 1 atom stereocenters. The zero-order valence-corrected chi connectivity index (χ0v) is 12.4. The highest BCUT2D eigenvalue weighted by Gasteiger charge is 2.18. The third kappa shape index (κ3) is 3.39. The molecule has 1 unspecified atom stereocenters. The van der Waals surface area contributed by atoms with Gasteiger partial charge in [-0.1, -0.05) is 13.8 Å². The Hall–Kier alpha value is -0.740. The van der Waals surface area contributed by atoms with Crippen molar-refractivity contribution < 1.29 is 0 Å². The predicted molar refractivity (Wildman–Crippen MR) is 80.5 cm³/mol. The number of rotatable bonds is 4. The van der Waals surface area contributed by atoms with Crippen molar-refractivity contribution in [2.24, 2.45) is 0 Å². The Morgan fingerprint density at radius 2 is 2.33 bits per heavy atom. The fourth-order valence-corrected chi connectivity index (χ4v) is 3.32. The van der Waals surface area contributed by atoms with Crippen LogP contribution in [0.5, 0.6) is 0 Å². The van der Waals surface area contributed by atoms with Crippen molar-refractivity contribution in [3.8, 4) is 0 Å². The highest BCUT2D eigenvalue weighted by molar-refractivity contribution is 8.00. The van der Waals surface area contributed by atoms with Gasteiger partial charge in [0.1, 0.15) is 5.82 Å². The van der Waals surface area contributed by atoms with Crippen molar-refractivity contribution in [3.05, 3.63) is 23.4 Å². The van der Waals surface area contributed by atoms with Crippen molar-refractivity contribution in [2.75, 3.05) is 30.8 Å². The summed E-state index contributed by atoms with van der Waals surface area (Å²) in [5.74, 6) is 2.37. The standard InChI is InChI=1S/C14H23N3S/c1-4-13-7-12(9-15-3)8-14(16-13)17-5-6-18-11(2)10-17/h7-8,11,15H,4-6,9-10H2,1-3H3. The quantitative estimate of drug-likeness (QED) is 0.904. The lowest BCUT2D eigenvalue weighted by Crippen LogP contribution is -2.37. The zero-order valence-electron chi connectivity index (χ0n) is 11.6. The van der Waals surface area contributed by atoms with Gasteiger partial charge in [0.15, 0.2) is 0 Å². The fourth-order valence-electron chi connectivity index (χ4n) is 2.31. The van der Waals surface area contributed by atoms with Gasteiger partial charge in [-0.05, 0) is 31.2 Å². The summed E-state index contributed by atoms with van der Waals surface area (Å²) in [6.45, 7) is 7.62. The van der Waals surface area contributed by atoms with E-state index in [-0.39, 0.29) is 0 Å². The number of nitrogens with one attached hydrogen (secondary N) is 1. The van der Waals surface area contributed by atoms with Crippen molar-refractivity contribution in [1.82, 2.24) is 10.3 Å². The topological polar surface area (TPSA) is 28.2 Å². The second-order valence-electron chi connectivity index (χ2n) is 4.84. The van der Waals surface area contributed by atoms with Crippen LogP contribution in [0.2, 0.25) is 0 Å². The normalized spacial score (nSPS) is 20.2. The Labute approximate surface area is 114 Å². The number of nitrogens with zero attached hydrogens (tertiary/aromatic N) is 2. The van der Waals surface area contributed by atoms with E-state index in [0.29, 0.717) is 5.25 Å². The van der Waals surface area contributed by atoms with Crippen molar-refractivity contribution in [1.29, 1.82) is 0 Å². The minimum atomic E-state index is 0.707. The Balaban J connectivity index is 2.22. The number of hydrogen-bond acceptors (Lipinski definition) is 4. The number of anilines is 1. The van der Waals surface area contributed by atoms with Gasteiger partial charge >= 0.3 is 0 Å². The van der Waals surface area contributed by atoms with Crippen LogP contribution >= 0.6 is 11.8 Å². The monoisotopic (exact) mass is 265 g/mol. The maximum atomic E-state index is 4.78. The van der Waals surface area contributed by atoms with E-state index in [1.54, 1.807) is 0 Å². The van der Waals surface area contributed by atoms with Crippen LogP contribution < -0.4 is 10.2 Å². The molecule has 0 aliphatic carbocycles. The highest BCUT2D eigenvalue weighted by atomic mass is 32.2. The number of thioether (sulfide) groups is 1. The largest absolute Gasteiger partial charge is 0.355 e. The summed E-state index contributed by atoms with van der Waals surface area (Å²) in [5.41, 5.74) is 2.54. The van der Waals surface area contributed by atoms with E-state index in [9.17, 15) is 0 Å². The maximum Gasteiger partial charge on any atom is 0.129 e. The Morgan fingerprint density at radius 3 is 3.00 bits per heavy atom. The summed E-state index contributed by atoms with van der Waals surface area (Å²) >= 11 is 2.06. The van der Waals surface area contributed by atoms with Gasteiger partial charge in [0.2, 0.25) is 0 Å². The Bertz CT molecular complexity index is 395. The first-order valence-electron chi connectivity index (χ1n) is 6.74. The predicted octanol–water partition coefficient (Wildman–Crippen LogP) is 2.31. The molecule has 3 nitrogen and oxygen atoms in total. The summed E-state index contributed by atoms with van der Waals surface area (Å²) in [6.07, 6.45) is 1.00. The summed E-state index contributed by atoms with van der Waals surface area (Å²) in [7, 11) is 1.99. The fraction of sp³-hybridized carbons (Fsp3) is 0.643. The van der Waals surface area contributed by atoms with Crippen LogP contribution in [0.4, 0.5) is 5.82 Å². The molecule has 2 rings (SSSR count). The zero-order chi connectivity index (χ0) is 13.0. The van der Waals surface area contributed by atoms with Gasteiger partial charge in [-0.3, -0.25) is 0 Å². The first-order chi connectivity index (χ1) is 8.72. The maximum absolute atomic E-state index is 4.78. The SMILES string of the molecule is CCc1cc(CNC)cc(N2CCSC(C)C2)n1. The van der Waals surface area contributed by atoms with Crippen LogP contribution in [-0.4, -0.2) is 36.1 Å². The summed E-state index contributed by atoms with van der Waals surface area (Å²) < 4.78 is 0. The van der Waals surface area contributed by atoms with Crippen molar-refractivity contribution >= 4 is 17.6 Å². The molecule has 1 aromatic rings. The van der Waals surface area contributed by atoms with Crippen LogP contribution in [0.1, 0.15) is 25.1 Å². The molecule has 1 N–H and O–H groups in total. The molecule has 1 fully saturated rings. The molecule has 4 heteroatoms. The molecular weight excluding hydrogens is 242 g/mol. The molecule has 18 heavy (non-hydrogen) atoms. The number of aromatic nitrogens is 1. The lowest BCUT2D eigenvalue weighted by molar-refractivity contribution is 0.758. The summed E-state index contributed by atoms with van der Waals surface area (Å²) in [5, 5.41) is 3.93. The molecule has 100 valence electrons. The van der Waals surface area contributed by atoms with Gasteiger partial charge in [-0.2, -0.15) is 11.8 Å². The molecule has 2 heterocycles. The lowest BCUT2D eigenvalue weighted by atomic mass is 10.2. The second kappa shape index (κ2) is 6.43. The third-order valence-electron chi connectivity index (χ3n) is 3.23. The molecule has 0 bridgehead atoms. The molecule has 0 saturated carbocycles. The van der Waals surface area contributed by atoms with Gasteiger partial charge in [-0.15, -0.1) is 0 Å². The molecule has 1 saturated heterocycles. The molecular formula is C14H23N3S. The minimum Gasteiger partial charge on any atom is -0.355 e. The molecule has 1 aliphatic heterocycles. The van der Waals surface area contributed by atoms with Gasteiger partial charge in [0.25, 0.3) is 0 Å². The molecule has 0 amide bonds. The molecule has 0 aromatic carbocycles. The first-order valence-corrected chi connectivity index (χ1v) is 7.78. The van der Waals surface area contributed by atoms with Gasteiger partial charge in [0.05, 0.1) is 0 Å². The Kier molecular flexibility index (Phi) is 4.89. The number of pyridine rings is 1. The van der Waals surface area contributed by atoms with Crippen LogP contribution in [0.25, 0.3) is 0 Å². The first kappa shape index (κ1) is 13.7. The smallest absolute Gasteiger partial charge is 0.129 e. The second-order valence-corrected chi connectivity index (χ2v) is 6.38. The van der Waals surface area contributed by atoms with E-state index in [4.69, 9.17) is 4.98 Å². The van der Waals surface area contributed by atoms with Crippen molar-refractivity contribution in [2.45, 2.75) is 32.1 Å².